The monoisotopic (exact) mass is 346 g/mol. The number of rotatable bonds is 4. The van der Waals surface area contributed by atoms with Crippen molar-refractivity contribution in [1.29, 1.82) is 0 Å². The maximum Gasteiger partial charge on any atom is 0.228 e. The molecule has 25 heavy (non-hydrogen) atoms. The summed E-state index contributed by atoms with van der Waals surface area (Å²) in [6.07, 6.45) is 2.46. The molecule has 0 spiro atoms. The number of hydrogen-bond donors (Lipinski definition) is 0. The molecular weight excluding hydrogens is 320 g/mol. The van der Waals surface area contributed by atoms with Crippen molar-refractivity contribution in [2.24, 2.45) is 11.8 Å². The molecule has 2 saturated heterocycles. The van der Waals surface area contributed by atoms with Gasteiger partial charge in [-0.3, -0.25) is 9.59 Å². The molecule has 2 aliphatic heterocycles. The van der Waals surface area contributed by atoms with E-state index in [-0.39, 0.29) is 24.2 Å². The van der Waals surface area contributed by atoms with Crippen LogP contribution in [0.3, 0.4) is 0 Å². The third-order valence-corrected chi connectivity index (χ3v) is 5.12. The molecule has 1 aromatic rings. The molecule has 2 aliphatic rings. The van der Waals surface area contributed by atoms with Gasteiger partial charge in [-0.1, -0.05) is 6.92 Å². The highest BCUT2D eigenvalue weighted by Crippen LogP contribution is 2.36. The van der Waals surface area contributed by atoms with Crippen molar-refractivity contribution in [2.45, 2.75) is 26.2 Å². The van der Waals surface area contributed by atoms with Gasteiger partial charge in [0.1, 0.15) is 11.5 Å². The number of nitrogens with zero attached hydrogens (tertiary/aromatic N) is 2. The molecule has 0 aliphatic carbocycles. The number of benzene rings is 1. The first kappa shape index (κ1) is 17.6. The predicted molar refractivity (Wildman–Crippen MR) is 95.0 cm³/mol. The van der Waals surface area contributed by atoms with Crippen molar-refractivity contribution in [3.05, 3.63) is 18.2 Å². The third kappa shape index (κ3) is 3.57. The zero-order chi connectivity index (χ0) is 18.0. The van der Waals surface area contributed by atoms with Crippen molar-refractivity contribution in [3.63, 3.8) is 0 Å². The normalized spacial score (nSPS) is 23.7. The Kier molecular flexibility index (Phi) is 5.16. The lowest BCUT2D eigenvalue weighted by atomic mass is 9.98. The molecule has 0 radical (unpaired) electrons. The van der Waals surface area contributed by atoms with E-state index in [0.29, 0.717) is 29.6 Å². The van der Waals surface area contributed by atoms with Crippen LogP contribution in [0.2, 0.25) is 0 Å². The Morgan fingerprint density at radius 2 is 2.00 bits per heavy atom. The Morgan fingerprint density at radius 3 is 2.68 bits per heavy atom. The highest BCUT2D eigenvalue weighted by molar-refractivity contribution is 6.01. The number of carbonyl (C=O) groups excluding carboxylic acids is 2. The fourth-order valence-electron chi connectivity index (χ4n) is 3.76. The minimum atomic E-state index is -0.284. The lowest BCUT2D eigenvalue weighted by molar-refractivity contribution is -0.137. The van der Waals surface area contributed by atoms with Crippen LogP contribution in [0, 0.1) is 11.8 Å². The van der Waals surface area contributed by atoms with Gasteiger partial charge in [0.2, 0.25) is 11.8 Å². The zero-order valence-corrected chi connectivity index (χ0v) is 15.2. The van der Waals surface area contributed by atoms with Crippen LogP contribution in [0.15, 0.2) is 18.2 Å². The molecule has 2 atom stereocenters. The fourth-order valence-corrected chi connectivity index (χ4v) is 3.76. The van der Waals surface area contributed by atoms with E-state index in [2.05, 4.69) is 6.92 Å². The topological polar surface area (TPSA) is 59.1 Å². The highest BCUT2D eigenvalue weighted by Gasteiger charge is 2.39. The van der Waals surface area contributed by atoms with Gasteiger partial charge in [-0.05, 0) is 30.9 Å². The minimum Gasteiger partial charge on any atom is -0.497 e. The van der Waals surface area contributed by atoms with Crippen molar-refractivity contribution in [1.82, 2.24) is 4.90 Å². The second-order valence-corrected chi connectivity index (χ2v) is 6.97. The van der Waals surface area contributed by atoms with Gasteiger partial charge in [-0.2, -0.15) is 0 Å². The van der Waals surface area contributed by atoms with Gasteiger partial charge in [0.05, 0.1) is 25.8 Å². The van der Waals surface area contributed by atoms with Crippen LogP contribution in [-0.2, 0) is 9.59 Å². The predicted octanol–water partition coefficient (Wildman–Crippen LogP) is 2.32. The Morgan fingerprint density at radius 1 is 1.20 bits per heavy atom. The molecule has 6 nitrogen and oxygen atoms in total. The summed E-state index contributed by atoms with van der Waals surface area (Å²) in [6, 6.07) is 5.36. The first-order valence-corrected chi connectivity index (χ1v) is 8.84. The van der Waals surface area contributed by atoms with E-state index < -0.39 is 0 Å². The zero-order valence-electron chi connectivity index (χ0n) is 15.2. The number of carbonyl (C=O) groups is 2. The lowest BCUT2D eigenvalue weighted by Crippen LogP contribution is -2.43. The van der Waals surface area contributed by atoms with E-state index in [4.69, 9.17) is 9.47 Å². The molecule has 0 saturated carbocycles. The second-order valence-electron chi connectivity index (χ2n) is 6.97. The summed E-state index contributed by atoms with van der Waals surface area (Å²) in [4.78, 5) is 29.0. The molecule has 3 rings (SSSR count). The summed E-state index contributed by atoms with van der Waals surface area (Å²) in [6.45, 7) is 4.17. The van der Waals surface area contributed by atoms with Crippen LogP contribution in [0.4, 0.5) is 5.69 Å². The minimum absolute atomic E-state index is 0.0463. The lowest BCUT2D eigenvalue weighted by Gasteiger charge is -2.32. The van der Waals surface area contributed by atoms with E-state index in [1.807, 2.05) is 4.90 Å². The van der Waals surface area contributed by atoms with E-state index in [9.17, 15) is 9.59 Å². The molecule has 0 N–H and O–H groups in total. The van der Waals surface area contributed by atoms with Crippen molar-refractivity contribution < 1.29 is 19.1 Å². The number of piperidine rings is 1. The van der Waals surface area contributed by atoms with Gasteiger partial charge < -0.3 is 19.3 Å². The maximum absolute atomic E-state index is 12.8. The molecular formula is C19H26N2O4. The highest BCUT2D eigenvalue weighted by atomic mass is 16.5. The van der Waals surface area contributed by atoms with Crippen LogP contribution in [-0.4, -0.2) is 50.6 Å². The van der Waals surface area contributed by atoms with E-state index in [1.54, 1.807) is 37.3 Å². The quantitative estimate of drug-likeness (QED) is 0.839. The summed E-state index contributed by atoms with van der Waals surface area (Å²) in [5.41, 5.74) is 0.661. The first-order valence-electron chi connectivity index (χ1n) is 8.84. The van der Waals surface area contributed by atoms with E-state index in [0.717, 1.165) is 19.5 Å². The van der Waals surface area contributed by atoms with Crippen LogP contribution in [0.25, 0.3) is 0 Å². The largest absolute Gasteiger partial charge is 0.497 e. The molecule has 1 aromatic carbocycles. The fraction of sp³-hybridized carbons (Fsp3) is 0.579. The number of hydrogen-bond acceptors (Lipinski definition) is 4. The molecule has 136 valence electrons. The molecule has 0 bridgehead atoms. The number of amides is 2. The Labute approximate surface area is 148 Å². The van der Waals surface area contributed by atoms with Gasteiger partial charge in [0.25, 0.3) is 0 Å². The SMILES string of the molecule is COc1ccc(OC)c(N2C[C@@H](C(=O)N3CCC[C@H](C)C3)CC2=O)c1. The van der Waals surface area contributed by atoms with E-state index in [1.165, 1.54) is 6.42 Å². The average Bonchev–Trinajstić information content (AvgIpc) is 3.02. The third-order valence-electron chi connectivity index (χ3n) is 5.12. The van der Waals surface area contributed by atoms with Crippen molar-refractivity contribution >= 4 is 17.5 Å². The summed E-state index contributed by atoms with van der Waals surface area (Å²) >= 11 is 0. The van der Waals surface area contributed by atoms with Gasteiger partial charge in [-0.15, -0.1) is 0 Å². The Balaban J connectivity index is 1.77. The van der Waals surface area contributed by atoms with Gasteiger partial charge in [0.15, 0.2) is 0 Å². The van der Waals surface area contributed by atoms with Crippen molar-refractivity contribution in [2.75, 3.05) is 38.8 Å². The molecule has 2 amide bonds. The average molecular weight is 346 g/mol. The second kappa shape index (κ2) is 7.33. The van der Waals surface area contributed by atoms with Gasteiger partial charge >= 0.3 is 0 Å². The molecule has 0 aromatic heterocycles. The smallest absolute Gasteiger partial charge is 0.228 e. The number of likely N-dealkylation sites (tertiary alicyclic amines) is 1. The van der Waals surface area contributed by atoms with Crippen LogP contribution >= 0.6 is 0 Å². The van der Waals surface area contributed by atoms with Gasteiger partial charge in [-0.25, -0.2) is 0 Å². The van der Waals surface area contributed by atoms with Crippen LogP contribution in [0.5, 0.6) is 11.5 Å². The number of ether oxygens (including phenoxy) is 2. The maximum atomic E-state index is 12.8. The Hall–Kier alpha value is -2.24. The number of anilines is 1. The Bertz CT molecular complexity index is 661. The van der Waals surface area contributed by atoms with Gasteiger partial charge in [0, 0.05) is 32.1 Å². The van der Waals surface area contributed by atoms with Crippen LogP contribution in [0.1, 0.15) is 26.2 Å². The summed E-state index contributed by atoms with van der Waals surface area (Å²) in [5.74, 6) is 1.56. The molecule has 6 heteroatoms. The standard InChI is InChI=1S/C19H26N2O4/c1-13-5-4-8-20(11-13)19(23)14-9-18(22)21(12-14)16-10-15(24-2)6-7-17(16)25-3/h6-7,10,13-14H,4-5,8-9,11-12H2,1-3H3/t13-,14-/m0/s1. The molecule has 2 heterocycles. The molecule has 2 fully saturated rings. The van der Waals surface area contributed by atoms with E-state index >= 15 is 0 Å². The first-order chi connectivity index (χ1) is 12.0. The summed E-state index contributed by atoms with van der Waals surface area (Å²) in [7, 11) is 3.16. The summed E-state index contributed by atoms with van der Waals surface area (Å²) < 4.78 is 10.6. The molecule has 0 unspecified atom stereocenters. The summed E-state index contributed by atoms with van der Waals surface area (Å²) in [5, 5.41) is 0. The number of methoxy groups -OCH3 is 2. The van der Waals surface area contributed by atoms with Crippen LogP contribution < -0.4 is 14.4 Å². The van der Waals surface area contributed by atoms with Crippen molar-refractivity contribution in [3.8, 4) is 11.5 Å².